The van der Waals surface area contributed by atoms with E-state index < -0.39 is 0 Å². The summed E-state index contributed by atoms with van der Waals surface area (Å²) in [4.78, 5) is 16.9. The van der Waals surface area contributed by atoms with Crippen LogP contribution in [0.2, 0.25) is 0 Å². The van der Waals surface area contributed by atoms with Gasteiger partial charge in [0.2, 0.25) is 0 Å². The van der Waals surface area contributed by atoms with E-state index in [0.717, 1.165) is 36.3 Å². The zero-order valence-electron chi connectivity index (χ0n) is 13.3. The number of ether oxygens (including phenoxy) is 1. The minimum Gasteiger partial charge on any atom is -0.497 e. The van der Waals surface area contributed by atoms with Crippen LogP contribution in [-0.2, 0) is 22.6 Å². The maximum atomic E-state index is 11.8. The first-order valence-corrected chi connectivity index (χ1v) is 7.66. The van der Waals surface area contributed by atoms with Gasteiger partial charge in [0.25, 0.3) is 5.91 Å². The highest BCUT2D eigenvalue weighted by Crippen LogP contribution is 2.18. The number of oxime groups is 1. The first kappa shape index (κ1) is 16.0. The van der Waals surface area contributed by atoms with Gasteiger partial charge >= 0.3 is 0 Å². The first-order valence-electron chi connectivity index (χ1n) is 7.66. The van der Waals surface area contributed by atoms with Gasteiger partial charge in [-0.15, -0.1) is 0 Å². The highest BCUT2D eigenvalue weighted by Gasteiger charge is 2.21. The SMILES string of the molecule is COc1ccc(CNC(=O)CO/N=C2/CCCc3nonc32)cc1. The van der Waals surface area contributed by atoms with Gasteiger partial charge in [-0.1, -0.05) is 22.4 Å². The van der Waals surface area contributed by atoms with Crippen LogP contribution in [0.3, 0.4) is 0 Å². The Labute approximate surface area is 138 Å². The fourth-order valence-corrected chi connectivity index (χ4v) is 2.38. The Hall–Kier alpha value is -2.90. The number of rotatable bonds is 6. The molecule has 2 aromatic rings. The molecule has 1 aliphatic carbocycles. The summed E-state index contributed by atoms with van der Waals surface area (Å²) < 4.78 is 9.79. The van der Waals surface area contributed by atoms with E-state index in [0.29, 0.717) is 18.0 Å². The molecule has 0 radical (unpaired) electrons. The molecule has 0 unspecified atom stereocenters. The fourth-order valence-electron chi connectivity index (χ4n) is 2.38. The topological polar surface area (TPSA) is 98.8 Å². The van der Waals surface area contributed by atoms with E-state index in [1.165, 1.54) is 0 Å². The number of carbonyl (C=O) groups is 1. The highest BCUT2D eigenvalue weighted by atomic mass is 16.6. The molecule has 1 heterocycles. The number of aromatic nitrogens is 2. The van der Waals surface area contributed by atoms with Gasteiger partial charge in [-0.05, 0) is 42.1 Å². The van der Waals surface area contributed by atoms with E-state index >= 15 is 0 Å². The van der Waals surface area contributed by atoms with Crippen LogP contribution in [0.4, 0.5) is 0 Å². The number of carbonyl (C=O) groups excluding carboxylic acids is 1. The van der Waals surface area contributed by atoms with E-state index in [1.807, 2.05) is 24.3 Å². The Kier molecular flexibility index (Phi) is 5.05. The second-order valence-corrected chi connectivity index (χ2v) is 5.35. The first-order chi connectivity index (χ1) is 11.8. The van der Waals surface area contributed by atoms with Gasteiger partial charge in [0.15, 0.2) is 12.3 Å². The molecule has 126 valence electrons. The van der Waals surface area contributed by atoms with Gasteiger partial charge in [-0.2, -0.15) is 0 Å². The van der Waals surface area contributed by atoms with E-state index in [1.54, 1.807) is 7.11 Å². The molecule has 0 aliphatic heterocycles. The van der Waals surface area contributed by atoms with Crippen molar-refractivity contribution in [3.05, 3.63) is 41.2 Å². The van der Waals surface area contributed by atoms with Crippen LogP contribution in [0.15, 0.2) is 34.1 Å². The summed E-state index contributed by atoms with van der Waals surface area (Å²) >= 11 is 0. The quantitative estimate of drug-likeness (QED) is 0.805. The number of nitrogens with zero attached hydrogens (tertiary/aromatic N) is 3. The van der Waals surface area contributed by atoms with Crippen LogP contribution in [0, 0.1) is 0 Å². The van der Waals surface area contributed by atoms with Crippen molar-refractivity contribution in [3.8, 4) is 5.75 Å². The molecule has 1 N–H and O–H groups in total. The van der Waals surface area contributed by atoms with Crippen molar-refractivity contribution in [2.45, 2.75) is 25.8 Å². The maximum absolute atomic E-state index is 11.8. The van der Waals surface area contributed by atoms with Crippen molar-refractivity contribution in [1.29, 1.82) is 0 Å². The van der Waals surface area contributed by atoms with Crippen LogP contribution >= 0.6 is 0 Å². The second kappa shape index (κ2) is 7.58. The molecule has 0 spiro atoms. The number of methoxy groups -OCH3 is 1. The monoisotopic (exact) mass is 330 g/mol. The van der Waals surface area contributed by atoms with Crippen LogP contribution in [0.5, 0.6) is 5.75 Å². The van der Waals surface area contributed by atoms with Gasteiger partial charge in [0.1, 0.15) is 17.2 Å². The predicted octanol–water partition coefficient (Wildman–Crippen LogP) is 1.45. The van der Waals surface area contributed by atoms with Crippen molar-refractivity contribution < 1.29 is 19.0 Å². The number of hydrogen-bond donors (Lipinski definition) is 1. The molecular formula is C16H18N4O4. The smallest absolute Gasteiger partial charge is 0.261 e. The molecule has 0 fully saturated rings. The number of fused-ring (bicyclic) bond motifs is 1. The summed E-state index contributed by atoms with van der Waals surface area (Å²) in [5.41, 5.74) is 3.05. The Morgan fingerprint density at radius 3 is 2.92 bits per heavy atom. The lowest BCUT2D eigenvalue weighted by Crippen LogP contribution is -2.26. The minimum atomic E-state index is -0.246. The average Bonchev–Trinajstić information content (AvgIpc) is 3.10. The van der Waals surface area contributed by atoms with E-state index in [-0.39, 0.29) is 12.5 Å². The van der Waals surface area contributed by atoms with Gasteiger partial charge in [0.05, 0.1) is 7.11 Å². The van der Waals surface area contributed by atoms with Crippen molar-refractivity contribution in [2.24, 2.45) is 5.16 Å². The molecule has 1 aromatic heterocycles. The molecule has 8 nitrogen and oxygen atoms in total. The van der Waals surface area contributed by atoms with Crippen molar-refractivity contribution >= 4 is 11.6 Å². The maximum Gasteiger partial charge on any atom is 0.261 e. The van der Waals surface area contributed by atoms with Crippen LogP contribution < -0.4 is 10.1 Å². The van der Waals surface area contributed by atoms with Crippen LogP contribution in [0.25, 0.3) is 0 Å². The molecule has 8 heteroatoms. The van der Waals surface area contributed by atoms with Gasteiger partial charge in [-0.3, -0.25) is 4.79 Å². The molecule has 0 saturated heterocycles. The molecule has 3 rings (SSSR count). The lowest BCUT2D eigenvalue weighted by molar-refractivity contribution is -0.125. The highest BCUT2D eigenvalue weighted by molar-refractivity contribution is 6.00. The molecule has 1 aliphatic rings. The van der Waals surface area contributed by atoms with Crippen LogP contribution in [-0.4, -0.2) is 35.6 Å². The molecule has 1 aromatic carbocycles. The minimum absolute atomic E-state index is 0.153. The Bertz CT molecular complexity index is 724. The summed E-state index contributed by atoms with van der Waals surface area (Å²) in [6.07, 6.45) is 2.46. The van der Waals surface area contributed by atoms with Gasteiger partial charge in [0, 0.05) is 6.54 Å². The third-order valence-corrected chi connectivity index (χ3v) is 3.68. The number of aryl methyl sites for hydroxylation is 1. The zero-order valence-corrected chi connectivity index (χ0v) is 13.3. The third kappa shape index (κ3) is 3.89. The molecule has 0 atom stereocenters. The summed E-state index contributed by atoms with van der Waals surface area (Å²) in [5.74, 6) is 0.530. The molecule has 1 amide bonds. The zero-order chi connectivity index (χ0) is 16.8. The number of benzene rings is 1. The Morgan fingerprint density at radius 2 is 2.12 bits per heavy atom. The Morgan fingerprint density at radius 1 is 1.29 bits per heavy atom. The largest absolute Gasteiger partial charge is 0.497 e. The van der Waals surface area contributed by atoms with E-state index in [2.05, 4.69) is 20.8 Å². The third-order valence-electron chi connectivity index (χ3n) is 3.68. The molecule has 0 saturated carbocycles. The number of nitrogens with one attached hydrogen (secondary N) is 1. The summed E-state index contributed by atoms with van der Waals surface area (Å²) in [5, 5.41) is 14.4. The number of hydrogen-bond acceptors (Lipinski definition) is 7. The normalized spacial score (nSPS) is 15.0. The second-order valence-electron chi connectivity index (χ2n) is 5.35. The standard InChI is InChI=1S/C16H18N4O4/c1-22-12-7-5-11(6-8-12)9-17-15(21)10-23-18-13-3-2-4-14-16(13)20-24-19-14/h5-8H,2-4,9-10H2,1H3,(H,17,21)/b18-13-. The fraction of sp³-hybridized carbons (Fsp3) is 0.375. The van der Waals surface area contributed by atoms with Gasteiger partial charge in [-0.25, -0.2) is 4.63 Å². The van der Waals surface area contributed by atoms with E-state index in [4.69, 9.17) is 14.2 Å². The summed E-state index contributed by atoms with van der Waals surface area (Å²) in [6, 6.07) is 7.47. The van der Waals surface area contributed by atoms with Crippen molar-refractivity contribution in [3.63, 3.8) is 0 Å². The van der Waals surface area contributed by atoms with Crippen molar-refractivity contribution in [1.82, 2.24) is 15.6 Å². The lowest BCUT2D eigenvalue weighted by Gasteiger charge is -2.09. The van der Waals surface area contributed by atoms with Crippen molar-refractivity contribution in [2.75, 3.05) is 13.7 Å². The predicted molar refractivity (Wildman–Crippen MR) is 84.6 cm³/mol. The summed E-state index contributed by atoms with van der Waals surface area (Å²) in [6.45, 7) is 0.264. The van der Waals surface area contributed by atoms with Crippen LogP contribution in [0.1, 0.15) is 29.8 Å². The molecular weight excluding hydrogens is 312 g/mol. The Balaban J connectivity index is 1.45. The lowest BCUT2D eigenvalue weighted by atomic mass is 9.99. The van der Waals surface area contributed by atoms with E-state index in [9.17, 15) is 4.79 Å². The van der Waals surface area contributed by atoms with Gasteiger partial charge < -0.3 is 14.9 Å². The average molecular weight is 330 g/mol. The summed E-state index contributed by atoms with van der Waals surface area (Å²) in [7, 11) is 1.61. The number of amides is 1. The molecule has 0 bridgehead atoms. The molecule has 24 heavy (non-hydrogen) atoms.